The lowest BCUT2D eigenvalue weighted by Gasteiger charge is -2.11. The van der Waals surface area contributed by atoms with Gasteiger partial charge in [0.25, 0.3) is 11.5 Å². The minimum absolute atomic E-state index is 0.0330. The first-order valence-corrected chi connectivity index (χ1v) is 10.7. The van der Waals surface area contributed by atoms with Gasteiger partial charge in [0.1, 0.15) is 28.6 Å². The van der Waals surface area contributed by atoms with Crippen LogP contribution in [-0.4, -0.2) is 15.3 Å². The number of amides is 1. The van der Waals surface area contributed by atoms with E-state index in [1.807, 2.05) is 32.0 Å². The van der Waals surface area contributed by atoms with Gasteiger partial charge in [0.05, 0.1) is 0 Å². The molecule has 0 fully saturated rings. The summed E-state index contributed by atoms with van der Waals surface area (Å²) in [6.45, 7) is 3.66. The molecule has 4 aromatic rings. The molecule has 0 aliphatic rings. The number of hydrogen-bond donors (Lipinski definition) is 1. The van der Waals surface area contributed by atoms with E-state index < -0.39 is 11.5 Å². The first-order valence-electron chi connectivity index (χ1n) is 10.3. The SMILES string of the molecule is Cc1cc(Oc2nc3ccccn3c(=O)c2/C=C(/C#N)C(=O)Nc2ccccc2C)ccc1Cl. The minimum Gasteiger partial charge on any atom is -0.438 e. The van der Waals surface area contributed by atoms with Crippen LogP contribution in [0.5, 0.6) is 11.6 Å². The number of hydrogen-bond acceptors (Lipinski definition) is 5. The van der Waals surface area contributed by atoms with Crippen LogP contribution in [0, 0.1) is 25.2 Å². The molecule has 0 unspecified atom stereocenters. The minimum atomic E-state index is -0.650. The number of nitrogens with zero attached hydrogens (tertiary/aromatic N) is 3. The van der Waals surface area contributed by atoms with Crippen molar-refractivity contribution in [3.63, 3.8) is 0 Å². The van der Waals surface area contributed by atoms with Crippen LogP contribution < -0.4 is 15.6 Å². The molecule has 0 saturated carbocycles. The summed E-state index contributed by atoms with van der Waals surface area (Å²) >= 11 is 6.10. The van der Waals surface area contributed by atoms with Gasteiger partial charge in [-0.3, -0.25) is 14.0 Å². The Kier molecular flexibility index (Phi) is 6.44. The van der Waals surface area contributed by atoms with E-state index in [1.165, 1.54) is 10.5 Å². The van der Waals surface area contributed by atoms with E-state index in [-0.39, 0.29) is 17.0 Å². The van der Waals surface area contributed by atoms with Crippen molar-refractivity contribution in [2.45, 2.75) is 13.8 Å². The van der Waals surface area contributed by atoms with Gasteiger partial charge in [0.2, 0.25) is 5.88 Å². The fraction of sp³-hybridized carbons (Fsp3) is 0.0769. The van der Waals surface area contributed by atoms with Crippen LogP contribution in [0.4, 0.5) is 5.69 Å². The average Bonchev–Trinajstić information content (AvgIpc) is 2.83. The molecular formula is C26H19ClN4O3. The number of aromatic nitrogens is 2. The maximum atomic E-state index is 13.3. The number of nitriles is 1. The van der Waals surface area contributed by atoms with Crippen molar-refractivity contribution >= 4 is 34.9 Å². The zero-order valence-corrected chi connectivity index (χ0v) is 19.1. The van der Waals surface area contributed by atoms with E-state index in [9.17, 15) is 14.9 Å². The number of para-hydroxylation sites is 1. The number of pyridine rings is 1. The number of carbonyl (C=O) groups excluding carboxylic acids is 1. The molecule has 168 valence electrons. The normalized spacial score (nSPS) is 11.2. The van der Waals surface area contributed by atoms with E-state index >= 15 is 0 Å². The fourth-order valence-electron chi connectivity index (χ4n) is 3.27. The largest absolute Gasteiger partial charge is 0.438 e. The van der Waals surface area contributed by atoms with Crippen LogP contribution in [0.3, 0.4) is 0 Å². The monoisotopic (exact) mass is 470 g/mol. The molecule has 8 heteroatoms. The number of halogens is 1. The Labute approximate surface area is 200 Å². The summed E-state index contributed by atoms with van der Waals surface area (Å²) in [7, 11) is 0. The highest BCUT2D eigenvalue weighted by molar-refractivity contribution is 6.31. The number of carbonyl (C=O) groups is 1. The van der Waals surface area contributed by atoms with Crippen molar-refractivity contribution in [3.8, 4) is 17.7 Å². The standard InChI is InChI=1S/C26H19ClN4O3/c1-16-7-3-4-8-22(16)29-24(32)18(15-28)14-20-25(34-19-10-11-21(27)17(2)13-19)30-23-9-5-6-12-31(23)26(20)33/h3-14H,1-2H3,(H,29,32)/b18-14-. The van der Waals surface area contributed by atoms with Crippen LogP contribution in [0.2, 0.25) is 5.02 Å². The highest BCUT2D eigenvalue weighted by Gasteiger charge is 2.18. The summed E-state index contributed by atoms with van der Waals surface area (Å²) in [5, 5.41) is 13.0. The molecule has 34 heavy (non-hydrogen) atoms. The topological polar surface area (TPSA) is 96.5 Å². The fourth-order valence-corrected chi connectivity index (χ4v) is 3.39. The van der Waals surface area contributed by atoms with Gasteiger partial charge < -0.3 is 10.1 Å². The second kappa shape index (κ2) is 9.61. The zero-order chi connectivity index (χ0) is 24.2. The first kappa shape index (κ1) is 22.8. The molecular weight excluding hydrogens is 452 g/mol. The van der Waals surface area contributed by atoms with E-state index in [1.54, 1.807) is 54.7 Å². The highest BCUT2D eigenvalue weighted by atomic mass is 35.5. The van der Waals surface area contributed by atoms with Gasteiger partial charge in [-0.25, -0.2) is 0 Å². The van der Waals surface area contributed by atoms with Crippen molar-refractivity contribution in [1.82, 2.24) is 9.38 Å². The summed E-state index contributed by atoms with van der Waals surface area (Å²) in [6, 6.07) is 19.2. The van der Waals surface area contributed by atoms with E-state index in [4.69, 9.17) is 16.3 Å². The Morgan fingerprint density at radius 3 is 2.62 bits per heavy atom. The molecule has 1 amide bonds. The van der Waals surface area contributed by atoms with Crippen LogP contribution >= 0.6 is 11.6 Å². The summed E-state index contributed by atoms with van der Waals surface area (Å²) in [5.41, 5.74) is 1.75. The number of fused-ring (bicyclic) bond motifs is 1. The lowest BCUT2D eigenvalue weighted by molar-refractivity contribution is -0.112. The van der Waals surface area contributed by atoms with Gasteiger partial charge in [0.15, 0.2) is 0 Å². The third kappa shape index (κ3) is 4.68. The van der Waals surface area contributed by atoms with E-state index in [2.05, 4.69) is 10.3 Å². The number of rotatable bonds is 5. The molecule has 4 rings (SSSR count). The van der Waals surface area contributed by atoms with Crippen LogP contribution in [0.1, 0.15) is 16.7 Å². The van der Waals surface area contributed by atoms with Crippen LogP contribution in [0.15, 0.2) is 77.2 Å². The third-order valence-electron chi connectivity index (χ3n) is 5.13. The predicted molar refractivity (Wildman–Crippen MR) is 131 cm³/mol. The summed E-state index contributed by atoms with van der Waals surface area (Å²) < 4.78 is 7.25. The smallest absolute Gasteiger partial charge is 0.269 e. The van der Waals surface area contributed by atoms with Crippen molar-refractivity contribution < 1.29 is 9.53 Å². The molecule has 0 spiro atoms. The zero-order valence-electron chi connectivity index (χ0n) is 18.4. The Morgan fingerprint density at radius 1 is 1.12 bits per heavy atom. The van der Waals surface area contributed by atoms with Gasteiger partial charge in [-0.2, -0.15) is 10.2 Å². The maximum Gasteiger partial charge on any atom is 0.269 e. The van der Waals surface area contributed by atoms with Gasteiger partial charge in [-0.1, -0.05) is 35.9 Å². The lowest BCUT2D eigenvalue weighted by atomic mass is 10.1. The molecule has 1 N–H and O–H groups in total. The Morgan fingerprint density at radius 2 is 1.88 bits per heavy atom. The Hall–Kier alpha value is -4.41. The highest BCUT2D eigenvalue weighted by Crippen LogP contribution is 2.27. The second-order valence-corrected chi connectivity index (χ2v) is 7.92. The molecule has 0 bridgehead atoms. The van der Waals surface area contributed by atoms with Crippen molar-refractivity contribution in [3.05, 3.63) is 105 Å². The Bertz CT molecular complexity index is 1550. The van der Waals surface area contributed by atoms with E-state index in [0.29, 0.717) is 22.1 Å². The third-order valence-corrected chi connectivity index (χ3v) is 5.55. The quantitative estimate of drug-likeness (QED) is 0.315. The molecule has 0 aliphatic carbocycles. The van der Waals surface area contributed by atoms with Crippen LogP contribution in [0.25, 0.3) is 11.7 Å². The van der Waals surface area contributed by atoms with Crippen molar-refractivity contribution in [1.29, 1.82) is 5.26 Å². The van der Waals surface area contributed by atoms with Crippen LogP contribution in [-0.2, 0) is 4.79 Å². The molecule has 7 nitrogen and oxygen atoms in total. The molecule has 0 atom stereocenters. The molecule has 2 heterocycles. The average molecular weight is 471 g/mol. The van der Waals surface area contributed by atoms with Gasteiger partial charge in [0, 0.05) is 16.9 Å². The summed E-state index contributed by atoms with van der Waals surface area (Å²) in [5.74, 6) is -0.274. The number of benzene rings is 2. The Balaban J connectivity index is 1.82. The maximum absolute atomic E-state index is 13.3. The van der Waals surface area contributed by atoms with Crippen molar-refractivity contribution in [2.24, 2.45) is 0 Å². The lowest BCUT2D eigenvalue weighted by Crippen LogP contribution is -2.20. The summed E-state index contributed by atoms with van der Waals surface area (Å²) in [4.78, 5) is 30.6. The number of nitrogens with one attached hydrogen (secondary N) is 1. The molecule has 0 aliphatic heterocycles. The number of ether oxygens (including phenoxy) is 1. The van der Waals surface area contributed by atoms with Crippen molar-refractivity contribution in [2.75, 3.05) is 5.32 Å². The first-order chi connectivity index (χ1) is 16.4. The molecule has 0 saturated heterocycles. The molecule has 2 aromatic carbocycles. The molecule has 0 radical (unpaired) electrons. The summed E-state index contributed by atoms with van der Waals surface area (Å²) in [6.07, 6.45) is 2.75. The number of aryl methyl sites for hydroxylation is 2. The van der Waals surface area contributed by atoms with Gasteiger partial charge >= 0.3 is 0 Å². The van der Waals surface area contributed by atoms with Gasteiger partial charge in [-0.15, -0.1) is 0 Å². The number of anilines is 1. The predicted octanol–water partition coefficient (Wildman–Crippen LogP) is 5.30. The second-order valence-electron chi connectivity index (χ2n) is 7.52. The van der Waals surface area contributed by atoms with Gasteiger partial charge in [-0.05, 0) is 67.4 Å². The van der Waals surface area contributed by atoms with E-state index in [0.717, 1.165) is 11.1 Å². The molecule has 2 aromatic heterocycles.